The summed E-state index contributed by atoms with van der Waals surface area (Å²) in [5, 5.41) is 16.1. The third-order valence-corrected chi connectivity index (χ3v) is 6.22. The molecular formula is C28H25N3O3. The van der Waals surface area contributed by atoms with Crippen LogP contribution < -0.4 is 10.1 Å². The lowest BCUT2D eigenvalue weighted by atomic mass is 9.87. The molecule has 5 aromatic rings. The van der Waals surface area contributed by atoms with Crippen LogP contribution in [0.1, 0.15) is 29.0 Å². The van der Waals surface area contributed by atoms with E-state index in [1.807, 2.05) is 79.0 Å². The van der Waals surface area contributed by atoms with Gasteiger partial charge in [0, 0.05) is 53.1 Å². The number of amides is 1. The van der Waals surface area contributed by atoms with E-state index in [4.69, 9.17) is 4.74 Å². The zero-order valence-electron chi connectivity index (χ0n) is 18.8. The molecule has 0 spiro atoms. The molecule has 1 atom stereocenters. The van der Waals surface area contributed by atoms with Gasteiger partial charge in [-0.05, 0) is 41.5 Å². The molecule has 0 saturated heterocycles. The number of methoxy groups -OCH3 is 1. The summed E-state index contributed by atoms with van der Waals surface area (Å²) in [6, 6.07) is 23.1. The minimum atomic E-state index is -0.347. The Hall–Kier alpha value is -4.32. The van der Waals surface area contributed by atoms with E-state index >= 15 is 0 Å². The van der Waals surface area contributed by atoms with E-state index in [-0.39, 0.29) is 24.0 Å². The number of rotatable bonds is 7. The van der Waals surface area contributed by atoms with E-state index in [0.717, 1.165) is 33.2 Å². The van der Waals surface area contributed by atoms with Gasteiger partial charge in [0.05, 0.1) is 7.11 Å². The molecule has 170 valence electrons. The van der Waals surface area contributed by atoms with Crippen LogP contribution in [0.15, 0.2) is 85.2 Å². The van der Waals surface area contributed by atoms with Crippen LogP contribution in [0.4, 0.5) is 0 Å². The smallest absolute Gasteiger partial charge is 0.221 e. The van der Waals surface area contributed by atoms with Crippen LogP contribution in [-0.2, 0) is 11.3 Å². The van der Waals surface area contributed by atoms with E-state index in [0.29, 0.717) is 17.6 Å². The number of aromatic nitrogens is 2. The fraction of sp³-hybridized carbons (Fsp3) is 0.143. The summed E-state index contributed by atoms with van der Waals surface area (Å²) < 4.78 is 5.29. The minimum Gasteiger partial charge on any atom is -0.505 e. The second-order valence-electron chi connectivity index (χ2n) is 8.24. The number of hydrogen-bond donors (Lipinski definition) is 3. The molecule has 0 radical (unpaired) electrons. The molecule has 34 heavy (non-hydrogen) atoms. The standard InChI is InChI=1S/C28H25N3O3/c1-34-21-10-7-18(8-11-21)24(23-12-9-19-5-3-14-30-27(19)28(23)33)16-26(32)31-17-20-4-2-6-25-22(20)13-15-29-25/h2-15,24,29,33H,16-17H2,1H3,(H,31,32). The van der Waals surface area contributed by atoms with Crippen molar-refractivity contribution in [1.82, 2.24) is 15.3 Å². The quantitative estimate of drug-likeness (QED) is 0.315. The first-order valence-electron chi connectivity index (χ1n) is 11.2. The first-order valence-corrected chi connectivity index (χ1v) is 11.2. The number of ether oxygens (including phenoxy) is 1. The number of nitrogens with zero attached hydrogens (tertiary/aromatic N) is 1. The average Bonchev–Trinajstić information content (AvgIpc) is 3.36. The second-order valence-corrected chi connectivity index (χ2v) is 8.24. The van der Waals surface area contributed by atoms with E-state index < -0.39 is 0 Å². The molecule has 3 N–H and O–H groups in total. The molecule has 2 aromatic heterocycles. The Morgan fingerprint density at radius 2 is 1.91 bits per heavy atom. The highest BCUT2D eigenvalue weighted by atomic mass is 16.5. The molecule has 1 unspecified atom stereocenters. The van der Waals surface area contributed by atoms with E-state index in [9.17, 15) is 9.90 Å². The molecule has 6 nitrogen and oxygen atoms in total. The summed E-state index contributed by atoms with van der Waals surface area (Å²) in [4.78, 5) is 20.7. The molecule has 1 amide bonds. The van der Waals surface area contributed by atoms with Gasteiger partial charge in [0.1, 0.15) is 17.0 Å². The number of carbonyl (C=O) groups excluding carboxylic acids is 1. The lowest BCUT2D eigenvalue weighted by Gasteiger charge is -2.20. The van der Waals surface area contributed by atoms with Crippen molar-refractivity contribution in [2.45, 2.75) is 18.9 Å². The number of aromatic amines is 1. The highest BCUT2D eigenvalue weighted by Crippen LogP contribution is 2.38. The number of pyridine rings is 1. The van der Waals surface area contributed by atoms with Crippen molar-refractivity contribution >= 4 is 27.7 Å². The number of aromatic hydroxyl groups is 1. The van der Waals surface area contributed by atoms with Gasteiger partial charge in [0.25, 0.3) is 0 Å². The van der Waals surface area contributed by atoms with E-state index in [2.05, 4.69) is 15.3 Å². The Labute approximate surface area is 197 Å². The topological polar surface area (TPSA) is 87.2 Å². The molecule has 0 aliphatic carbocycles. The number of hydrogen-bond acceptors (Lipinski definition) is 4. The van der Waals surface area contributed by atoms with Gasteiger partial charge in [0.15, 0.2) is 0 Å². The van der Waals surface area contributed by atoms with Crippen LogP contribution in [-0.4, -0.2) is 28.1 Å². The van der Waals surface area contributed by atoms with Crippen molar-refractivity contribution in [2.75, 3.05) is 7.11 Å². The van der Waals surface area contributed by atoms with Crippen LogP contribution >= 0.6 is 0 Å². The number of phenols is 1. The lowest BCUT2D eigenvalue weighted by Crippen LogP contribution is -2.25. The molecule has 3 aromatic carbocycles. The third-order valence-electron chi connectivity index (χ3n) is 6.22. The maximum Gasteiger partial charge on any atom is 0.221 e. The van der Waals surface area contributed by atoms with Gasteiger partial charge in [-0.3, -0.25) is 9.78 Å². The van der Waals surface area contributed by atoms with Crippen molar-refractivity contribution < 1.29 is 14.6 Å². The van der Waals surface area contributed by atoms with Gasteiger partial charge in [-0.25, -0.2) is 0 Å². The average molecular weight is 452 g/mol. The highest BCUT2D eigenvalue weighted by Gasteiger charge is 2.23. The van der Waals surface area contributed by atoms with Gasteiger partial charge in [-0.2, -0.15) is 0 Å². The van der Waals surface area contributed by atoms with E-state index in [1.165, 1.54) is 0 Å². The maximum atomic E-state index is 13.1. The number of H-pyrrole nitrogens is 1. The Morgan fingerprint density at radius 3 is 2.74 bits per heavy atom. The predicted molar refractivity (Wildman–Crippen MR) is 133 cm³/mol. The first-order chi connectivity index (χ1) is 16.6. The number of benzene rings is 3. The second kappa shape index (κ2) is 9.27. The largest absolute Gasteiger partial charge is 0.505 e. The summed E-state index contributed by atoms with van der Waals surface area (Å²) in [5.74, 6) is 0.383. The van der Waals surface area contributed by atoms with Crippen LogP contribution in [0.3, 0.4) is 0 Å². The lowest BCUT2D eigenvalue weighted by molar-refractivity contribution is -0.121. The summed E-state index contributed by atoms with van der Waals surface area (Å²) in [7, 11) is 1.62. The normalized spacial score (nSPS) is 12.0. The molecular weight excluding hydrogens is 426 g/mol. The minimum absolute atomic E-state index is 0.101. The Kier molecular flexibility index (Phi) is 5.87. The monoisotopic (exact) mass is 451 g/mol. The Balaban J connectivity index is 1.44. The van der Waals surface area contributed by atoms with Crippen molar-refractivity contribution in [1.29, 1.82) is 0 Å². The predicted octanol–water partition coefficient (Wildman–Crippen LogP) is 5.27. The summed E-state index contributed by atoms with van der Waals surface area (Å²) in [6.45, 7) is 0.425. The van der Waals surface area contributed by atoms with Crippen LogP contribution in [0, 0.1) is 0 Å². The van der Waals surface area contributed by atoms with Crippen molar-refractivity contribution in [3.63, 3.8) is 0 Å². The number of nitrogens with one attached hydrogen (secondary N) is 2. The molecule has 2 heterocycles. The number of phenolic OH excluding ortho intramolecular Hbond substituents is 1. The fourth-order valence-corrected chi connectivity index (χ4v) is 4.43. The van der Waals surface area contributed by atoms with Gasteiger partial charge in [-0.15, -0.1) is 0 Å². The molecule has 0 saturated carbocycles. The molecule has 0 fully saturated rings. The van der Waals surface area contributed by atoms with Gasteiger partial charge in [-0.1, -0.05) is 42.5 Å². The van der Waals surface area contributed by atoms with Gasteiger partial charge < -0.3 is 20.1 Å². The van der Waals surface area contributed by atoms with Crippen LogP contribution in [0.5, 0.6) is 11.5 Å². The first kappa shape index (κ1) is 21.5. The fourth-order valence-electron chi connectivity index (χ4n) is 4.43. The number of fused-ring (bicyclic) bond motifs is 2. The third kappa shape index (κ3) is 4.18. The summed E-state index contributed by atoms with van der Waals surface area (Å²) >= 11 is 0. The molecule has 0 bridgehead atoms. The van der Waals surface area contributed by atoms with Gasteiger partial charge >= 0.3 is 0 Å². The highest BCUT2D eigenvalue weighted by molar-refractivity contribution is 5.87. The van der Waals surface area contributed by atoms with Crippen molar-refractivity contribution in [3.05, 3.63) is 102 Å². The molecule has 0 aliphatic heterocycles. The maximum absolute atomic E-state index is 13.1. The van der Waals surface area contributed by atoms with Crippen molar-refractivity contribution in [3.8, 4) is 11.5 Å². The Bertz CT molecular complexity index is 1460. The molecule has 5 rings (SSSR count). The SMILES string of the molecule is COc1ccc(C(CC(=O)NCc2cccc3[nH]ccc23)c2ccc3cccnc3c2O)cc1. The zero-order chi connectivity index (χ0) is 23.5. The summed E-state index contributed by atoms with van der Waals surface area (Å²) in [6.07, 6.45) is 3.73. The number of carbonyl (C=O) groups is 1. The van der Waals surface area contributed by atoms with E-state index in [1.54, 1.807) is 13.3 Å². The van der Waals surface area contributed by atoms with Crippen molar-refractivity contribution in [2.24, 2.45) is 0 Å². The Morgan fingerprint density at radius 1 is 1.06 bits per heavy atom. The summed E-state index contributed by atoms with van der Waals surface area (Å²) in [5.41, 5.74) is 4.19. The van der Waals surface area contributed by atoms with Crippen LogP contribution in [0.2, 0.25) is 0 Å². The molecule has 0 aliphatic rings. The zero-order valence-corrected chi connectivity index (χ0v) is 18.8. The molecule has 6 heteroatoms. The van der Waals surface area contributed by atoms with Crippen LogP contribution in [0.25, 0.3) is 21.8 Å². The van der Waals surface area contributed by atoms with Gasteiger partial charge in [0.2, 0.25) is 5.91 Å².